The summed E-state index contributed by atoms with van der Waals surface area (Å²) in [5.74, 6) is -0.609. The maximum absolute atomic E-state index is 12.5. The molecule has 1 aliphatic rings. The van der Waals surface area contributed by atoms with E-state index >= 15 is 0 Å². The molecule has 8 heteroatoms. The van der Waals surface area contributed by atoms with E-state index in [4.69, 9.17) is 17.0 Å². The molecule has 1 saturated heterocycles. The molecule has 0 aliphatic carbocycles. The van der Waals surface area contributed by atoms with Gasteiger partial charge in [-0.2, -0.15) is 0 Å². The molecule has 1 aliphatic heterocycles. The third-order valence-corrected chi connectivity index (χ3v) is 5.21. The number of ether oxygens (including phenoxy) is 1. The highest BCUT2D eigenvalue weighted by atomic mass is 32.2. The molecule has 0 atom stereocenters. The molecule has 2 heterocycles. The number of rotatable bonds is 6. The molecule has 134 valence electrons. The van der Waals surface area contributed by atoms with Gasteiger partial charge in [0.1, 0.15) is 10.1 Å². The number of thiocarbonyl (C=S) groups is 1. The summed E-state index contributed by atoms with van der Waals surface area (Å²) in [6.45, 7) is 0.265. The Hall–Kier alpha value is -2.45. The van der Waals surface area contributed by atoms with Crippen molar-refractivity contribution < 1.29 is 19.4 Å². The van der Waals surface area contributed by atoms with Crippen molar-refractivity contribution in [3.05, 3.63) is 40.9 Å². The normalized spacial score (nSPS) is 15.9. The molecule has 0 bridgehead atoms. The van der Waals surface area contributed by atoms with E-state index in [2.05, 4.69) is 4.98 Å². The number of aliphatic carboxylic acids is 1. The van der Waals surface area contributed by atoms with E-state index in [1.165, 1.54) is 16.7 Å². The molecule has 3 rings (SSSR count). The molecule has 0 spiro atoms. The van der Waals surface area contributed by atoms with Crippen molar-refractivity contribution in [3.8, 4) is 5.75 Å². The van der Waals surface area contributed by atoms with Gasteiger partial charge in [-0.15, -0.1) is 0 Å². The molecule has 6 nitrogen and oxygen atoms in total. The lowest BCUT2D eigenvalue weighted by atomic mass is 10.2. The van der Waals surface area contributed by atoms with Gasteiger partial charge in [-0.1, -0.05) is 30.0 Å². The maximum Gasteiger partial charge on any atom is 0.266 e. The van der Waals surface area contributed by atoms with E-state index in [9.17, 15) is 14.7 Å². The van der Waals surface area contributed by atoms with Crippen LogP contribution in [0.25, 0.3) is 17.0 Å². The summed E-state index contributed by atoms with van der Waals surface area (Å²) < 4.78 is 5.62. The Morgan fingerprint density at radius 1 is 1.38 bits per heavy atom. The second-order valence-corrected chi connectivity index (χ2v) is 7.28. The third kappa shape index (κ3) is 4.03. The van der Waals surface area contributed by atoms with Crippen LogP contribution >= 0.6 is 24.0 Å². The van der Waals surface area contributed by atoms with Gasteiger partial charge in [-0.05, 0) is 43.2 Å². The average molecular weight is 387 g/mol. The van der Waals surface area contributed by atoms with Gasteiger partial charge in [-0.3, -0.25) is 9.69 Å². The standard InChI is InChI=1S/C18H16N2O4S2/c1-24-13-6-7-14-11(9-13)4-5-12(19-14)10-15-17(23)20(18(25)26-15)8-2-3-16(21)22/h4-7,9-10H,2-3,8H2,1H3,(H,21,22)/p-1/b15-10-. The molecule has 2 aromatic rings. The molecule has 0 unspecified atom stereocenters. The van der Waals surface area contributed by atoms with Crippen LogP contribution < -0.4 is 9.84 Å². The molecule has 0 N–H and O–H groups in total. The van der Waals surface area contributed by atoms with E-state index < -0.39 is 5.97 Å². The van der Waals surface area contributed by atoms with E-state index in [-0.39, 0.29) is 18.9 Å². The number of carbonyl (C=O) groups is 2. The van der Waals surface area contributed by atoms with Gasteiger partial charge in [0.2, 0.25) is 0 Å². The van der Waals surface area contributed by atoms with Gasteiger partial charge in [0, 0.05) is 17.9 Å². The minimum atomic E-state index is -1.14. The Morgan fingerprint density at radius 2 is 2.19 bits per heavy atom. The highest BCUT2D eigenvalue weighted by Crippen LogP contribution is 2.32. The van der Waals surface area contributed by atoms with Crippen LogP contribution in [0.15, 0.2) is 35.2 Å². The summed E-state index contributed by atoms with van der Waals surface area (Å²) in [6, 6.07) is 9.32. The molecular weight excluding hydrogens is 372 g/mol. The first kappa shape index (κ1) is 18.3. The van der Waals surface area contributed by atoms with Crippen molar-refractivity contribution in [2.75, 3.05) is 13.7 Å². The van der Waals surface area contributed by atoms with Crippen molar-refractivity contribution >= 4 is 57.2 Å². The van der Waals surface area contributed by atoms with Crippen LogP contribution in [0.1, 0.15) is 18.5 Å². The number of nitrogens with zero attached hydrogens (tertiary/aromatic N) is 2. The smallest absolute Gasteiger partial charge is 0.266 e. The van der Waals surface area contributed by atoms with Gasteiger partial charge < -0.3 is 14.6 Å². The summed E-state index contributed by atoms with van der Waals surface area (Å²) in [7, 11) is 1.61. The predicted octanol–water partition coefficient (Wildman–Crippen LogP) is 1.97. The van der Waals surface area contributed by atoms with Crippen LogP contribution in [0.4, 0.5) is 0 Å². The van der Waals surface area contributed by atoms with Gasteiger partial charge in [0.15, 0.2) is 0 Å². The Kier molecular flexibility index (Phi) is 5.53. The lowest BCUT2D eigenvalue weighted by Gasteiger charge is -2.14. The first-order valence-corrected chi connectivity index (χ1v) is 9.10. The fraction of sp³-hybridized carbons (Fsp3) is 0.222. The van der Waals surface area contributed by atoms with Gasteiger partial charge in [0.05, 0.1) is 23.2 Å². The van der Waals surface area contributed by atoms with Crippen molar-refractivity contribution in [1.29, 1.82) is 0 Å². The lowest BCUT2D eigenvalue weighted by Crippen LogP contribution is -2.30. The quantitative estimate of drug-likeness (QED) is 0.554. The second-order valence-electron chi connectivity index (χ2n) is 5.60. The second kappa shape index (κ2) is 7.84. The van der Waals surface area contributed by atoms with Gasteiger partial charge in [-0.25, -0.2) is 4.98 Å². The molecular formula is C18H15N2O4S2-. The van der Waals surface area contributed by atoms with Crippen molar-refractivity contribution in [1.82, 2.24) is 9.88 Å². The van der Waals surface area contributed by atoms with Crippen LogP contribution in [0, 0.1) is 0 Å². The van der Waals surface area contributed by atoms with Crippen molar-refractivity contribution in [2.24, 2.45) is 0 Å². The molecule has 26 heavy (non-hydrogen) atoms. The topological polar surface area (TPSA) is 82.6 Å². The Labute approximate surface area is 159 Å². The predicted molar refractivity (Wildman–Crippen MR) is 102 cm³/mol. The number of fused-ring (bicyclic) bond motifs is 1. The van der Waals surface area contributed by atoms with Crippen LogP contribution in [0.2, 0.25) is 0 Å². The third-order valence-electron chi connectivity index (χ3n) is 3.83. The van der Waals surface area contributed by atoms with E-state index in [1.807, 2.05) is 30.3 Å². The van der Waals surface area contributed by atoms with Crippen LogP contribution in [0.3, 0.4) is 0 Å². The summed E-state index contributed by atoms with van der Waals surface area (Å²) in [6.07, 6.45) is 1.89. The summed E-state index contributed by atoms with van der Waals surface area (Å²) in [5.41, 5.74) is 1.45. The minimum absolute atomic E-state index is 0.105. The van der Waals surface area contributed by atoms with E-state index in [1.54, 1.807) is 13.2 Å². The largest absolute Gasteiger partial charge is 0.550 e. The molecule has 1 amide bonds. The van der Waals surface area contributed by atoms with E-state index in [0.29, 0.717) is 21.3 Å². The number of hydrogen-bond donors (Lipinski definition) is 0. The highest BCUT2D eigenvalue weighted by Gasteiger charge is 2.31. The molecule has 1 aromatic heterocycles. The molecule has 0 saturated carbocycles. The Morgan fingerprint density at radius 3 is 2.92 bits per heavy atom. The number of amides is 1. The maximum atomic E-state index is 12.5. The zero-order valence-corrected chi connectivity index (χ0v) is 15.6. The van der Waals surface area contributed by atoms with Gasteiger partial charge >= 0.3 is 0 Å². The molecule has 1 fully saturated rings. The molecule has 0 radical (unpaired) electrons. The number of methoxy groups -OCH3 is 1. The highest BCUT2D eigenvalue weighted by molar-refractivity contribution is 8.26. The fourth-order valence-corrected chi connectivity index (χ4v) is 3.83. The summed E-state index contributed by atoms with van der Waals surface area (Å²) >= 11 is 6.42. The minimum Gasteiger partial charge on any atom is -0.550 e. The number of carbonyl (C=O) groups excluding carboxylic acids is 2. The number of carboxylic acid groups (broad SMARTS) is 1. The van der Waals surface area contributed by atoms with Crippen molar-refractivity contribution in [3.63, 3.8) is 0 Å². The average Bonchev–Trinajstić information content (AvgIpc) is 2.88. The van der Waals surface area contributed by atoms with Gasteiger partial charge in [0.25, 0.3) is 5.91 Å². The first-order valence-electron chi connectivity index (χ1n) is 7.88. The summed E-state index contributed by atoms with van der Waals surface area (Å²) in [5, 5.41) is 11.5. The van der Waals surface area contributed by atoms with E-state index in [0.717, 1.165) is 16.7 Å². The number of benzene rings is 1. The number of pyridine rings is 1. The zero-order chi connectivity index (χ0) is 18.7. The Balaban J connectivity index is 1.79. The van der Waals surface area contributed by atoms with Crippen LogP contribution in [-0.2, 0) is 9.59 Å². The number of aromatic nitrogens is 1. The van der Waals surface area contributed by atoms with Crippen LogP contribution in [0.5, 0.6) is 5.75 Å². The Bertz CT molecular complexity index is 927. The first-order chi connectivity index (χ1) is 12.5. The fourth-order valence-electron chi connectivity index (χ4n) is 2.54. The number of hydrogen-bond acceptors (Lipinski definition) is 7. The number of carboxylic acids is 1. The number of thioether (sulfide) groups is 1. The monoisotopic (exact) mass is 387 g/mol. The SMILES string of the molecule is COc1ccc2nc(/C=C3\SC(=S)N(CCCC(=O)[O-])C3=O)ccc2c1. The summed E-state index contributed by atoms with van der Waals surface area (Å²) in [4.78, 5) is 29.4. The van der Waals surface area contributed by atoms with Crippen molar-refractivity contribution in [2.45, 2.75) is 12.8 Å². The zero-order valence-electron chi connectivity index (χ0n) is 13.9. The van der Waals surface area contributed by atoms with Crippen LogP contribution in [-0.4, -0.2) is 39.7 Å². The molecule has 1 aromatic carbocycles. The lowest BCUT2D eigenvalue weighted by molar-refractivity contribution is -0.305.